The molecule has 4 heterocycles. The first-order valence-electron chi connectivity index (χ1n) is 10.1. The summed E-state index contributed by atoms with van der Waals surface area (Å²) < 4.78 is 9.59. The lowest BCUT2D eigenvalue weighted by Crippen LogP contribution is -2.23. The predicted molar refractivity (Wildman–Crippen MR) is 112 cm³/mol. The van der Waals surface area contributed by atoms with Crippen LogP contribution in [-0.4, -0.2) is 42.3 Å². The maximum absolute atomic E-state index is 5.52. The first-order chi connectivity index (χ1) is 14.1. The first kappa shape index (κ1) is 18.1. The smallest absolute Gasteiger partial charge is 0.229 e. The van der Waals surface area contributed by atoms with Crippen LogP contribution in [0.15, 0.2) is 30.9 Å². The third-order valence-corrected chi connectivity index (χ3v) is 5.94. The molecule has 0 radical (unpaired) electrons. The van der Waals surface area contributed by atoms with Gasteiger partial charge in [-0.25, -0.2) is 14.6 Å². The molecule has 0 amide bonds. The highest BCUT2D eigenvalue weighted by Crippen LogP contribution is 2.32. The summed E-state index contributed by atoms with van der Waals surface area (Å²) in [7, 11) is 1.80. The summed E-state index contributed by atoms with van der Waals surface area (Å²) in [5.41, 5.74) is 4.83. The Morgan fingerprint density at radius 2 is 1.97 bits per heavy atom. The number of fused-ring (bicyclic) bond motifs is 2. The lowest BCUT2D eigenvalue weighted by molar-refractivity contribution is 0.0573. The summed E-state index contributed by atoms with van der Waals surface area (Å²) in [5, 5.41) is 9.17. The highest BCUT2D eigenvalue weighted by molar-refractivity contribution is 5.79. The predicted octanol–water partition coefficient (Wildman–Crippen LogP) is 3.96. The van der Waals surface area contributed by atoms with Crippen molar-refractivity contribution in [1.82, 2.24) is 29.1 Å². The Bertz CT molecular complexity index is 1170. The van der Waals surface area contributed by atoms with E-state index < -0.39 is 0 Å². The van der Waals surface area contributed by atoms with Gasteiger partial charge < -0.3 is 14.5 Å². The number of hydrogen-bond donors (Lipinski definition) is 1. The van der Waals surface area contributed by atoms with Crippen molar-refractivity contribution < 1.29 is 4.74 Å². The molecular weight excluding hydrogens is 366 g/mol. The van der Waals surface area contributed by atoms with E-state index in [1.54, 1.807) is 13.3 Å². The van der Waals surface area contributed by atoms with E-state index in [4.69, 9.17) is 14.8 Å². The van der Waals surface area contributed by atoms with E-state index in [0.29, 0.717) is 18.1 Å². The minimum atomic E-state index is 0.351. The van der Waals surface area contributed by atoms with Crippen molar-refractivity contribution in [2.45, 2.75) is 51.7 Å². The van der Waals surface area contributed by atoms with Crippen LogP contribution in [-0.2, 0) is 4.74 Å². The number of methoxy groups -OCH3 is 1. The summed E-state index contributed by atoms with van der Waals surface area (Å²) in [4.78, 5) is 13.7. The zero-order valence-corrected chi connectivity index (χ0v) is 17.0. The molecule has 1 aliphatic rings. The third kappa shape index (κ3) is 3.23. The van der Waals surface area contributed by atoms with Gasteiger partial charge in [0.15, 0.2) is 5.65 Å². The highest BCUT2D eigenvalue weighted by Gasteiger charge is 2.25. The van der Waals surface area contributed by atoms with Crippen LogP contribution in [0, 0.1) is 13.8 Å². The number of pyridine rings is 1. The maximum atomic E-state index is 5.52. The van der Waals surface area contributed by atoms with Crippen molar-refractivity contribution in [2.24, 2.45) is 0 Å². The molecule has 8 nitrogen and oxygen atoms in total. The van der Waals surface area contributed by atoms with Crippen molar-refractivity contribution in [3.63, 3.8) is 0 Å². The molecule has 0 aliphatic heterocycles. The molecule has 1 N–H and O–H groups in total. The Morgan fingerprint density at radius 1 is 1.14 bits per heavy atom. The topological polar surface area (TPSA) is 82.2 Å². The summed E-state index contributed by atoms with van der Waals surface area (Å²) in [6.45, 7) is 4.07. The van der Waals surface area contributed by atoms with E-state index in [9.17, 15) is 0 Å². The fraction of sp³-hybridized carbons (Fsp3) is 0.429. The number of anilines is 2. The maximum Gasteiger partial charge on any atom is 0.229 e. The van der Waals surface area contributed by atoms with Gasteiger partial charge in [0, 0.05) is 31.9 Å². The minimum absolute atomic E-state index is 0.351. The van der Waals surface area contributed by atoms with Gasteiger partial charge in [0.1, 0.15) is 5.65 Å². The third-order valence-electron chi connectivity index (χ3n) is 5.94. The van der Waals surface area contributed by atoms with Crippen molar-refractivity contribution in [1.29, 1.82) is 0 Å². The summed E-state index contributed by atoms with van der Waals surface area (Å²) in [6.07, 6.45) is 12.2. The van der Waals surface area contributed by atoms with Crippen molar-refractivity contribution in [3.8, 4) is 0 Å². The molecule has 4 aromatic heterocycles. The second kappa shape index (κ2) is 7.11. The molecule has 0 unspecified atom stereocenters. The van der Waals surface area contributed by atoms with Gasteiger partial charge in [-0.1, -0.05) is 0 Å². The largest absolute Gasteiger partial charge is 0.381 e. The molecule has 1 aliphatic carbocycles. The van der Waals surface area contributed by atoms with Crippen LogP contribution in [0.5, 0.6) is 0 Å². The molecule has 29 heavy (non-hydrogen) atoms. The van der Waals surface area contributed by atoms with Gasteiger partial charge in [-0.3, -0.25) is 0 Å². The average Bonchev–Trinajstić information content (AvgIpc) is 3.32. The van der Waals surface area contributed by atoms with E-state index >= 15 is 0 Å². The lowest BCUT2D eigenvalue weighted by Gasteiger charge is -2.27. The van der Waals surface area contributed by atoms with Crippen molar-refractivity contribution in [3.05, 3.63) is 42.1 Å². The van der Waals surface area contributed by atoms with Crippen molar-refractivity contribution in [2.75, 3.05) is 12.4 Å². The van der Waals surface area contributed by atoms with Crippen LogP contribution < -0.4 is 5.32 Å². The summed E-state index contributed by atoms with van der Waals surface area (Å²) in [5.74, 6) is 0.576. The standard InChI is InChI=1S/C21H25N7O/c1-13-10-19-22-8-9-27(19)12-18(13)24-21-23-11-17-14(2)26-28(20(17)25-21)15-4-6-16(29-3)7-5-15/h8-12,15-16H,4-7H2,1-3H3,(H,23,24,25)/t15-,16-. The summed E-state index contributed by atoms with van der Waals surface area (Å²) in [6, 6.07) is 2.40. The number of nitrogens with zero attached hydrogens (tertiary/aromatic N) is 6. The molecule has 0 aromatic carbocycles. The van der Waals surface area contributed by atoms with Crippen LogP contribution in [0.1, 0.15) is 43.0 Å². The second-order valence-corrected chi connectivity index (χ2v) is 7.81. The zero-order valence-electron chi connectivity index (χ0n) is 17.0. The number of ether oxygens (including phenoxy) is 1. The molecular formula is C21H25N7O. The Labute approximate surface area is 168 Å². The van der Waals surface area contributed by atoms with Crippen LogP contribution in [0.2, 0.25) is 0 Å². The fourth-order valence-corrected chi connectivity index (χ4v) is 4.21. The SMILES string of the molecule is CO[C@H]1CC[C@H](n2nc(C)c3cnc(Nc4cn5ccnc5cc4C)nc32)CC1. The fourth-order valence-electron chi connectivity index (χ4n) is 4.21. The second-order valence-electron chi connectivity index (χ2n) is 7.81. The molecule has 150 valence electrons. The molecule has 1 fully saturated rings. The lowest BCUT2D eigenvalue weighted by atomic mass is 9.93. The van der Waals surface area contributed by atoms with Gasteiger partial charge in [0.2, 0.25) is 5.95 Å². The quantitative estimate of drug-likeness (QED) is 0.567. The monoisotopic (exact) mass is 391 g/mol. The average molecular weight is 391 g/mol. The van der Waals surface area contributed by atoms with Crippen LogP contribution in [0.3, 0.4) is 0 Å². The van der Waals surface area contributed by atoms with Gasteiger partial charge in [0.25, 0.3) is 0 Å². The number of hydrogen-bond acceptors (Lipinski definition) is 6. The van der Waals surface area contributed by atoms with Gasteiger partial charge in [-0.15, -0.1) is 0 Å². The zero-order chi connectivity index (χ0) is 20.0. The molecule has 0 spiro atoms. The molecule has 0 saturated heterocycles. The van der Waals surface area contributed by atoms with Gasteiger partial charge in [-0.05, 0) is 51.2 Å². The molecule has 5 rings (SSSR count). The molecule has 0 atom stereocenters. The van der Waals surface area contributed by atoms with Crippen molar-refractivity contribution >= 4 is 28.3 Å². The Hall–Kier alpha value is -3.00. The van der Waals surface area contributed by atoms with E-state index in [1.807, 2.05) is 36.0 Å². The number of rotatable bonds is 4. The Balaban J connectivity index is 1.48. The number of nitrogens with one attached hydrogen (secondary N) is 1. The Morgan fingerprint density at radius 3 is 2.76 bits per heavy atom. The van der Waals surface area contributed by atoms with Gasteiger partial charge in [0.05, 0.1) is 28.9 Å². The molecule has 0 bridgehead atoms. The van der Waals surface area contributed by atoms with Crippen LogP contribution in [0.4, 0.5) is 11.6 Å². The van der Waals surface area contributed by atoms with Gasteiger partial charge >= 0.3 is 0 Å². The minimum Gasteiger partial charge on any atom is -0.381 e. The van der Waals surface area contributed by atoms with E-state index in [2.05, 4.69) is 26.9 Å². The molecule has 8 heteroatoms. The first-order valence-corrected chi connectivity index (χ1v) is 10.1. The van der Waals surface area contributed by atoms with Gasteiger partial charge in [-0.2, -0.15) is 10.1 Å². The normalized spacial score (nSPS) is 19.8. The molecule has 4 aromatic rings. The highest BCUT2D eigenvalue weighted by atomic mass is 16.5. The van der Waals surface area contributed by atoms with E-state index in [1.165, 1.54) is 0 Å². The number of aromatic nitrogens is 6. The van der Waals surface area contributed by atoms with Crippen LogP contribution >= 0.6 is 0 Å². The summed E-state index contributed by atoms with van der Waals surface area (Å²) >= 11 is 0. The number of aryl methyl sites for hydroxylation is 2. The van der Waals surface area contributed by atoms with Crippen LogP contribution in [0.25, 0.3) is 16.7 Å². The number of imidazole rings is 1. The Kier molecular flexibility index (Phi) is 4.43. The van der Waals surface area contributed by atoms with E-state index in [-0.39, 0.29) is 0 Å². The van der Waals surface area contributed by atoms with E-state index in [0.717, 1.165) is 59.3 Å². The molecule has 1 saturated carbocycles.